The molecule has 0 unspecified atom stereocenters. The molecule has 0 spiro atoms. The van der Waals surface area contributed by atoms with Crippen molar-refractivity contribution >= 4 is 11.8 Å². The number of halogens is 3. The van der Waals surface area contributed by atoms with Crippen LogP contribution < -0.4 is 11.1 Å². The second-order valence-electron chi connectivity index (χ2n) is 4.53. The molecular formula is C11H15F3N4. The molecule has 1 heterocycles. The van der Waals surface area contributed by atoms with Crippen molar-refractivity contribution in [3.05, 3.63) is 11.8 Å². The van der Waals surface area contributed by atoms with Gasteiger partial charge in [0, 0.05) is 12.6 Å². The highest BCUT2D eigenvalue weighted by molar-refractivity contribution is 5.41. The van der Waals surface area contributed by atoms with E-state index in [2.05, 4.69) is 15.3 Å². The smallest absolute Gasteiger partial charge is 0.370 e. The zero-order valence-corrected chi connectivity index (χ0v) is 9.80. The van der Waals surface area contributed by atoms with Crippen LogP contribution in [-0.2, 0) is 6.18 Å². The molecule has 3 N–H and O–H groups in total. The number of nitrogens with zero attached hydrogens (tertiary/aromatic N) is 2. The predicted molar refractivity (Wildman–Crippen MR) is 61.9 cm³/mol. The van der Waals surface area contributed by atoms with E-state index in [0.29, 0.717) is 12.5 Å². The van der Waals surface area contributed by atoms with Crippen LogP contribution in [0.4, 0.5) is 24.9 Å². The van der Waals surface area contributed by atoms with E-state index in [0.717, 1.165) is 18.9 Å². The fraction of sp³-hybridized carbons (Fsp3) is 0.636. The largest absolute Gasteiger partial charge is 0.433 e. The van der Waals surface area contributed by atoms with Crippen molar-refractivity contribution < 1.29 is 13.2 Å². The van der Waals surface area contributed by atoms with Gasteiger partial charge in [0.2, 0.25) is 5.95 Å². The van der Waals surface area contributed by atoms with Crippen molar-refractivity contribution in [3.8, 4) is 0 Å². The van der Waals surface area contributed by atoms with Gasteiger partial charge in [-0.2, -0.15) is 18.2 Å². The van der Waals surface area contributed by atoms with E-state index in [1.165, 1.54) is 12.8 Å². The Kier molecular flexibility index (Phi) is 3.58. The third-order valence-electron chi connectivity index (χ3n) is 3.08. The Morgan fingerprint density at radius 3 is 2.56 bits per heavy atom. The molecule has 4 nitrogen and oxygen atoms in total. The fourth-order valence-corrected chi connectivity index (χ4v) is 2.17. The van der Waals surface area contributed by atoms with E-state index >= 15 is 0 Å². The van der Waals surface area contributed by atoms with E-state index in [1.54, 1.807) is 0 Å². The van der Waals surface area contributed by atoms with E-state index in [1.807, 2.05) is 0 Å². The van der Waals surface area contributed by atoms with E-state index in [4.69, 9.17) is 5.73 Å². The summed E-state index contributed by atoms with van der Waals surface area (Å²) in [6.45, 7) is 0.633. The molecule has 0 radical (unpaired) electrons. The van der Waals surface area contributed by atoms with Crippen LogP contribution in [0.2, 0.25) is 0 Å². The minimum atomic E-state index is -4.50. The topological polar surface area (TPSA) is 63.8 Å². The second-order valence-corrected chi connectivity index (χ2v) is 4.53. The molecule has 1 aliphatic rings. The lowest BCUT2D eigenvalue weighted by atomic mass is 10.1. The lowest BCUT2D eigenvalue weighted by molar-refractivity contribution is -0.141. The van der Waals surface area contributed by atoms with Crippen LogP contribution in [0.5, 0.6) is 0 Å². The van der Waals surface area contributed by atoms with Gasteiger partial charge in [-0.25, -0.2) is 4.98 Å². The summed E-state index contributed by atoms with van der Waals surface area (Å²) in [6.07, 6.45) is 0.0956. The Balaban J connectivity index is 2.05. The number of nitrogen functional groups attached to an aromatic ring is 1. The molecular weight excluding hydrogens is 245 g/mol. The Bertz CT molecular complexity index is 413. The summed E-state index contributed by atoms with van der Waals surface area (Å²) < 4.78 is 37.5. The maximum atomic E-state index is 12.5. The molecule has 0 saturated heterocycles. The van der Waals surface area contributed by atoms with Crippen LogP contribution >= 0.6 is 0 Å². The molecule has 18 heavy (non-hydrogen) atoms. The molecule has 1 fully saturated rings. The molecule has 1 aromatic rings. The van der Waals surface area contributed by atoms with Crippen molar-refractivity contribution in [1.82, 2.24) is 9.97 Å². The standard InChI is InChI=1S/C11H15F3N4/c12-11(13,14)8-5-9(18-10(15)17-8)16-6-7-3-1-2-4-7/h5,7H,1-4,6H2,(H3,15,16,17,18). The fourth-order valence-electron chi connectivity index (χ4n) is 2.17. The maximum absolute atomic E-state index is 12.5. The Morgan fingerprint density at radius 1 is 1.28 bits per heavy atom. The van der Waals surface area contributed by atoms with Crippen molar-refractivity contribution in [1.29, 1.82) is 0 Å². The van der Waals surface area contributed by atoms with Crippen LogP contribution in [0.25, 0.3) is 0 Å². The molecule has 2 rings (SSSR count). The molecule has 1 aliphatic carbocycles. The van der Waals surface area contributed by atoms with Crippen molar-refractivity contribution in [2.75, 3.05) is 17.6 Å². The van der Waals surface area contributed by atoms with Gasteiger partial charge in [-0.1, -0.05) is 12.8 Å². The van der Waals surface area contributed by atoms with Gasteiger partial charge in [0.05, 0.1) is 0 Å². The van der Waals surface area contributed by atoms with Crippen LogP contribution in [-0.4, -0.2) is 16.5 Å². The van der Waals surface area contributed by atoms with Crippen LogP contribution in [0.3, 0.4) is 0 Å². The zero-order valence-electron chi connectivity index (χ0n) is 9.80. The first-order chi connectivity index (χ1) is 8.45. The monoisotopic (exact) mass is 260 g/mol. The predicted octanol–water partition coefficient (Wildman–Crippen LogP) is 2.68. The van der Waals surface area contributed by atoms with Gasteiger partial charge >= 0.3 is 6.18 Å². The van der Waals surface area contributed by atoms with Gasteiger partial charge in [-0.05, 0) is 18.8 Å². The summed E-state index contributed by atoms with van der Waals surface area (Å²) in [4.78, 5) is 6.95. The minimum absolute atomic E-state index is 0.140. The highest BCUT2D eigenvalue weighted by atomic mass is 19.4. The third kappa shape index (κ3) is 3.24. The number of anilines is 2. The molecule has 7 heteroatoms. The average Bonchev–Trinajstić information content (AvgIpc) is 2.77. The maximum Gasteiger partial charge on any atom is 0.433 e. The van der Waals surface area contributed by atoms with Gasteiger partial charge in [-0.3, -0.25) is 0 Å². The Labute approximate surface area is 103 Å². The lowest BCUT2D eigenvalue weighted by Gasteiger charge is -2.13. The summed E-state index contributed by atoms with van der Waals surface area (Å²) in [7, 11) is 0. The van der Waals surface area contributed by atoms with Crippen molar-refractivity contribution in [3.63, 3.8) is 0 Å². The highest BCUT2D eigenvalue weighted by Crippen LogP contribution is 2.30. The molecule has 1 saturated carbocycles. The Morgan fingerprint density at radius 2 is 1.94 bits per heavy atom. The summed E-state index contributed by atoms with van der Waals surface area (Å²) in [5.74, 6) is 0.288. The number of nitrogens with one attached hydrogen (secondary N) is 1. The lowest BCUT2D eigenvalue weighted by Crippen LogP contribution is -2.16. The first kappa shape index (κ1) is 12.9. The van der Waals surface area contributed by atoms with Crippen LogP contribution in [0, 0.1) is 5.92 Å². The number of rotatable bonds is 3. The van der Waals surface area contributed by atoms with Crippen LogP contribution in [0.15, 0.2) is 6.07 Å². The first-order valence-corrected chi connectivity index (χ1v) is 5.91. The van der Waals surface area contributed by atoms with Gasteiger partial charge in [-0.15, -0.1) is 0 Å². The average molecular weight is 260 g/mol. The Hall–Kier alpha value is -1.53. The second kappa shape index (κ2) is 4.99. The van der Waals surface area contributed by atoms with E-state index in [-0.39, 0.29) is 11.8 Å². The quantitative estimate of drug-likeness (QED) is 0.877. The summed E-state index contributed by atoms with van der Waals surface area (Å²) >= 11 is 0. The number of alkyl halides is 3. The molecule has 0 atom stereocenters. The van der Waals surface area contributed by atoms with E-state index < -0.39 is 11.9 Å². The van der Waals surface area contributed by atoms with Gasteiger partial charge in [0.25, 0.3) is 0 Å². The molecule has 0 bridgehead atoms. The first-order valence-electron chi connectivity index (χ1n) is 5.91. The minimum Gasteiger partial charge on any atom is -0.370 e. The molecule has 0 aromatic carbocycles. The number of hydrogen-bond donors (Lipinski definition) is 2. The van der Waals surface area contributed by atoms with Crippen molar-refractivity contribution in [2.24, 2.45) is 5.92 Å². The number of hydrogen-bond acceptors (Lipinski definition) is 4. The van der Waals surface area contributed by atoms with Gasteiger partial charge < -0.3 is 11.1 Å². The van der Waals surface area contributed by atoms with Gasteiger partial charge in [0.1, 0.15) is 5.82 Å². The normalized spacial score (nSPS) is 17.1. The van der Waals surface area contributed by atoms with Crippen LogP contribution in [0.1, 0.15) is 31.4 Å². The SMILES string of the molecule is Nc1nc(NCC2CCCC2)cc(C(F)(F)F)n1. The van der Waals surface area contributed by atoms with Gasteiger partial charge in [0.15, 0.2) is 5.69 Å². The third-order valence-corrected chi connectivity index (χ3v) is 3.08. The summed E-state index contributed by atoms with van der Waals surface area (Å²) in [6, 6.07) is 0.894. The zero-order chi connectivity index (χ0) is 13.2. The summed E-state index contributed by atoms with van der Waals surface area (Å²) in [5.41, 5.74) is 4.27. The number of nitrogens with two attached hydrogens (primary N) is 1. The highest BCUT2D eigenvalue weighted by Gasteiger charge is 2.33. The molecule has 1 aromatic heterocycles. The van der Waals surface area contributed by atoms with Crippen molar-refractivity contribution in [2.45, 2.75) is 31.9 Å². The molecule has 0 aliphatic heterocycles. The molecule has 0 amide bonds. The van der Waals surface area contributed by atoms with E-state index in [9.17, 15) is 13.2 Å². The molecule has 100 valence electrons. The summed E-state index contributed by atoms with van der Waals surface area (Å²) in [5, 5.41) is 2.91. The number of aromatic nitrogens is 2.